The second kappa shape index (κ2) is 6.27. The molecule has 0 aliphatic rings. The molecule has 0 saturated heterocycles. The summed E-state index contributed by atoms with van der Waals surface area (Å²) in [7, 11) is 1.90. The zero-order valence-corrected chi connectivity index (χ0v) is 15.2. The summed E-state index contributed by atoms with van der Waals surface area (Å²) in [5.74, 6) is 0. The van der Waals surface area contributed by atoms with Gasteiger partial charge in [0, 0.05) is 47.2 Å². The largest absolute Gasteiger partial charge is 0.358 e. The molecule has 0 spiro atoms. The van der Waals surface area contributed by atoms with Crippen LogP contribution >= 0.6 is 23.3 Å². The third-order valence-corrected chi connectivity index (χ3v) is 5.69. The van der Waals surface area contributed by atoms with Gasteiger partial charge < -0.3 is 9.71 Å². The molecule has 0 aliphatic heterocycles. The fraction of sp³-hybridized carbons (Fsp3) is 0.118. The number of rotatable bonds is 4. The number of nitrogens with zero attached hydrogens (tertiary/aromatic N) is 4. The molecule has 1 aromatic carbocycles. The molecule has 4 aromatic rings. The molecule has 0 atom stereocenters. The molecule has 0 aliphatic carbocycles. The smallest absolute Gasteiger partial charge is 0.171 e. The Labute approximate surface area is 152 Å². The number of nitriles is 1. The van der Waals surface area contributed by atoms with Crippen molar-refractivity contribution in [2.45, 2.75) is 11.3 Å². The van der Waals surface area contributed by atoms with Crippen LogP contribution in [0.5, 0.6) is 0 Å². The lowest BCUT2D eigenvalue weighted by Crippen LogP contribution is -1.88. The Balaban J connectivity index is 1.58. The van der Waals surface area contributed by atoms with Crippen LogP contribution in [0, 0.1) is 18.3 Å². The summed E-state index contributed by atoms with van der Waals surface area (Å²) < 4.78 is 6.05. The van der Waals surface area contributed by atoms with Gasteiger partial charge in [-0.1, -0.05) is 12.1 Å². The zero-order valence-electron chi connectivity index (χ0n) is 13.6. The maximum atomic E-state index is 9.16. The van der Waals surface area contributed by atoms with Crippen molar-refractivity contribution < 1.29 is 0 Å². The summed E-state index contributed by atoms with van der Waals surface area (Å²) in [4.78, 5) is 9.03. The molecule has 124 valence electrons. The highest BCUT2D eigenvalue weighted by Gasteiger charge is 2.13. The lowest BCUT2D eigenvalue weighted by atomic mass is 10.2. The van der Waals surface area contributed by atoms with Crippen molar-refractivity contribution >= 4 is 39.9 Å². The van der Waals surface area contributed by atoms with E-state index in [-0.39, 0.29) is 0 Å². The normalized spacial score (nSPS) is 10.9. The summed E-state index contributed by atoms with van der Waals surface area (Å²) in [6.07, 6.45) is 5.52. The Bertz CT molecular complexity index is 1100. The van der Waals surface area contributed by atoms with Gasteiger partial charge in [0.1, 0.15) is 6.07 Å². The highest BCUT2D eigenvalue weighted by Crippen LogP contribution is 2.34. The van der Waals surface area contributed by atoms with Crippen LogP contribution in [0.15, 0.2) is 41.1 Å². The van der Waals surface area contributed by atoms with E-state index in [4.69, 9.17) is 10.2 Å². The predicted molar refractivity (Wildman–Crippen MR) is 102 cm³/mol. The zero-order chi connectivity index (χ0) is 17.4. The van der Waals surface area contributed by atoms with E-state index in [1.165, 1.54) is 11.9 Å². The third kappa shape index (κ3) is 2.88. The lowest BCUT2D eigenvalue weighted by molar-refractivity contribution is 0.768. The second-order valence-electron chi connectivity index (χ2n) is 5.53. The topological polar surface area (TPSA) is 82.3 Å². The van der Waals surface area contributed by atoms with Gasteiger partial charge in [0.2, 0.25) is 0 Å². The first-order chi connectivity index (χ1) is 12.2. The summed E-state index contributed by atoms with van der Waals surface area (Å²) in [6.45, 7) is 2.06. The Morgan fingerprint density at radius 1 is 1.40 bits per heavy atom. The molecule has 0 bridgehead atoms. The number of H-pyrrole nitrogens is 1. The van der Waals surface area contributed by atoms with E-state index in [0.717, 1.165) is 37.1 Å². The van der Waals surface area contributed by atoms with Crippen LogP contribution in [0.4, 0.5) is 5.69 Å². The van der Waals surface area contributed by atoms with Crippen LogP contribution in [0.2, 0.25) is 0 Å². The number of aromatic amines is 1. The van der Waals surface area contributed by atoms with Crippen molar-refractivity contribution in [3.05, 3.63) is 47.2 Å². The van der Waals surface area contributed by atoms with Gasteiger partial charge >= 0.3 is 0 Å². The van der Waals surface area contributed by atoms with Gasteiger partial charge in [-0.3, -0.25) is 4.68 Å². The van der Waals surface area contributed by atoms with Gasteiger partial charge in [0.25, 0.3) is 0 Å². The number of benzene rings is 1. The minimum atomic E-state index is 0.646. The van der Waals surface area contributed by atoms with Crippen molar-refractivity contribution in [1.29, 1.82) is 5.26 Å². The molecule has 3 heterocycles. The number of para-hydroxylation sites is 1. The number of fused-ring (bicyclic) bond motifs is 1. The van der Waals surface area contributed by atoms with E-state index in [9.17, 15) is 0 Å². The average molecular weight is 366 g/mol. The van der Waals surface area contributed by atoms with E-state index >= 15 is 0 Å². The molecule has 0 unspecified atom stereocenters. The number of thiazole rings is 1. The first kappa shape index (κ1) is 15.7. The molecule has 0 saturated carbocycles. The van der Waals surface area contributed by atoms with Crippen LogP contribution < -0.4 is 4.72 Å². The first-order valence-electron chi connectivity index (χ1n) is 7.55. The van der Waals surface area contributed by atoms with Crippen molar-refractivity contribution in [1.82, 2.24) is 19.7 Å². The maximum absolute atomic E-state index is 9.16. The van der Waals surface area contributed by atoms with Crippen LogP contribution in [0.3, 0.4) is 0 Å². The van der Waals surface area contributed by atoms with Crippen molar-refractivity contribution in [3.63, 3.8) is 0 Å². The van der Waals surface area contributed by atoms with Crippen molar-refractivity contribution in [2.75, 3.05) is 4.72 Å². The summed E-state index contributed by atoms with van der Waals surface area (Å²) >= 11 is 3.11. The second-order valence-corrected chi connectivity index (χ2v) is 7.79. The minimum Gasteiger partial charge on any atom is -0.358 e. The lowest BCUT2D eigenvalue weighted by Gasteiger charge is -2.04. The first-order valence-corrected chi connectivity index (χ1v) is 9.18. The van der Waals surface area contributed by atoms with Crippen LogP contribution in [-0.4, -0.2) is 19.7 Å². The van der Waals surface area contributed by atoms with Gasteiger partial charge in [0.05, 0.1) is 28.7 Å². The molecule has 0 amide bonds. The van der Waals surface area contributed by atoms with E-state index in [1.54, 1.807) is 22.2 Å². The molecule has 0 fully saturated rings. The number of nitrogens with one attached hydrogen (secondary N) is 2. The van der Waals surface area contributed by atoms with Crippen molar-refractivity contribution in [3.8, 4) is 17.3 Å². The van der Waals surface area contributed by atoms with Gasteiger partial charge in [-0.25, -0.2) is 4.98 Å². The molecule has 3 aromatic heterocycles. The fourth-order valence-corrected chi connectivity index (χ4v) is 4.49. The Morgan fingerprint density at radius 3 is 3.04 bits per heavy atom. The Hall–Kier alpha value is -2.76. The van der Waals surface area contributed by atoms with Crippen LogP contribution in [0.1, 0.15) is 10.4 Å². The van der Waals surface area contributed by atoms with Crippen molar-refractivity contribution in [2.24, 2.45) is 7.05 Å². The Morgan fingerprint density at radius 2 is 2.28 bits per heavy atom. The monoisotopic (exact) mass is 366 g/mol. The summed E-state index contributed by atoms with van der Waals surface area (Å²) in [5.41, 5.74) is 4.49. The minimum absolute atomic E-state index is 0.646. The molecule has 8 heteroatoms. The van der Waals surface area contributed by atoms with Gasteiger partial charge in [-0.2, -0.15) is 10.4 Å². The highest BCUT2D eigenvalue weighted by molar-refractivity contribution is 8.02. The molecule has 2 N–H and O–H groups in total. The fourth-order valence-electron chi connectivity index (χ4n) is 2.66. The predicted octanol–water partition coefficient (Wildman–Crippen LogP) is 4.32. The molecule has 0 radical (unpaired) electrons. The quantitative estimate of drug-likeness (QED) is 0.526. The van der Waals surface area contributed by atoms with E-state index in [1.807, 2.05) is 37.6 Å². The molecule has 4 rings (SSSR count). The number of aryl methyl sites for hydroxylation is 2. The highest BCUT2D eigenvalue weighted by atomic mass is 32.2. The van der Waals surface area contributed by atoms with Gasteiger partial charge in [-0.15, -0.1) is 11.3 Å². The SMILES string of the molecule is Cc1sc(SNc2cccc3c(C#N)c[nH]c23)nc1-c1cnn(C)c1. The summed E-state index contributed by atoms with van der Waals surface area (Å²) in [5, 5.41) is 14.3. The van der Waals surface area contributed by atoms with Crippen LogP contribution in [-0.2, 0) is 7.05 Å². The number of aromatic nitrogens is 4. The maximum Gasteiger partial charge on any atom is 0.171 e. The third-order valence-electron chi connectivity index (χ3n) is 3.84. The molecule has 6 nitrogen and oxygen atoms in total. The van der Waals surface area contributed by atoms with Gasteiger partial charge in [-0.05, 0) is 13.0 Å². The van der Waals surface area contributed by atoms with E-state index < -0.39 is 0 Å². The summed E-state index contributed by atoms with van der Waals surface area (Å²) in [6, 6.07) is 8.06. The molecule has 25 heavy (non-hydrogen) atoms. The molecular weight excluding hydrogens is 352 g/mol. The van der Waals surface area contributed by atoms with Gasteiger partial charge in [0.15, 0.2) is 4.34 Å². The Kier molecular flexibility index (Phi) is 3.95. The molecular formula is C17H14N6S2. The van der Waals surface area contributed by atoms with Crippen LogP contribution in [0.25, 0.3) is 22.2 Å². The van der Waals surface area contributed by atoms with E-state index in [2.05, 4.69) is 27.8 Å². The number of hydrogen-bond donors (Lipinski definition) is 2. The standard InChI is InChI=1S/C17H14N6S2/c1-10-15(12-8-20-23(2)9-12)21-17(24-10)25-22-14-5-3-4-13-11(6-18)7-19-16(13)14/h3-5,7-9,19,22H,1-2H3. The average Bonchev–Trinajstić information content (AvgIpc) is 3.31. The van der Waals surface area contributed by atoms with E-state index in [0.29, 0.717) is 5.56 Å². The number of hydrogen-bond acceptors (Lipinski definition) is 6. The number of anilines is 1.